The van der Waals surface area contributed by atoms with Gasteiger partial charge in [0.15, 0.2) is 5.69 Å². The van der Waals surface area contributed by atoms with Crippen LogP contribution >= 0.6 is 0 Å². The fourth-order valence-electron chi connectivity index (χ4n) is 2.78. The lowest BCUT2D eigenvalue weighted by molar-refractivity contribution is 0.0942. The molecule has 6 nitrogen and oxygen atoms in total. The monoisotopic (exact) mass is 381 g/mol. The highest BCUT2D eigenvalue weighted by molar-refractivity contribution is 5.92. The van der Waals surface area contributed by atoms with Gasteiger partial charge in [-0.2, -0.15) is 5.10 Å². The molecular weight excluding hydrogens is 361 g/mol. The van der Waals surface area contributed by atoms with Crippen LogP contribution in [-0.4, -0.2) is 22.3 Å². The van der Waals surface area contributed by atoms with Gasteiger partial charge in [0.25, 0.3) is 5.91 Å². The van der Waals surface area contributed by atoms with Crippen LogP contribution < -0.4 is 15.5 Å². The number of para-hydroxylation sites is 2. The molecule has 2 aromatic carbocycles. The molecule has 1 N–H and O–H groups in total. The van der Waals surface area contributed by atoms with Gasteiger partial charge in [-0.05, 0) is 32.0 Å². The van der Waals surface area contributed by atoms with Gasteiger partial charge in [0.2, 0.25) is 5.43 Å². The van der Waals surface area contributed by atoms with E-state index >= 15 is 0 Å². The Kier molecular flexibility index (Phi) is 5.84. The zero-order valence-electron chi connectivity index (χ0n) is 15.6. The number of aryl methyl sites for hydroxylation is 1. The van der Waals surface area contributed by atoms with Crippen LogP contribution in [0, 0.1) is 12.7 Å². The molecular formula is C21H20FN3O3. The second-order valence-corrected chi connectivity index (χ2v) is 6.09. The molecule has 0 aliphatic heterocycles. The van der Waals surface area contributed by atoms with Crippen molar-refractivity contribution in [2.24, 2.45) is 0 Å². The molecule has 7 heteroatoms. The number of nitrogens with zero attached hydrogens (tertiary/aromatic N) is 2. The van der Waals surface area contributed by atoms with Crippen molar-refractivity contribution < 1.29 is 13.9 Å². The van der Waals surface area contributed by atoms with Crippen molar-refractivity contribution >= 4 is 5.91 Å². The highest BCUT2D eigenvalue weighted by Gasteiger charge is 2.17. The maximum Gasteiger partial charge on any atom is 0.276 e. The van der Waals surface area contributed by atoms with Gasteiger partial charge in [-0.3, -0.25) is 9.59 Å². The third kappa shape index (κ3) is 4.09. The standard InChI is InChI=1S/C21H20FN3O3/c1-3-28-19-11-7-4-8-15(19)13-23-21(27)20-18(26)12-14(2)25(24-20)17-10-6-5-9-16(17)22/h4-12H,3,13H2,1-2H3,(H,23,27). The van der Waals surface area contributed by atoms with Gasteiger partial charge in [-0.1, -0.05) is 30.3 Å². The second kappa shape index (κ2) is 8.47. The Labute approximate surface area is 161 Å². The van der Waals surface area contributed by atoms with Crippen molar-refractivity contribution in [2.45, 2.75) is 20.4 Å². The largest absolute Gasteiger partial charge is 0.494 e. The summed E-state index contributed by atoms with van der Waals surface area (Å²) in [6.45, 7) is 4.17. The lowest BCUT2D eigenvalue weighted by atomic mass is 10.2. The molecule has 0 aliphatic carbocycles. The number of ether oxygens (including phenoxy) is 1. The summed E-state index contributed by atoms with van der Waals surface area (Å²) in [6.07, 6.45) is 0. The number of hydrogen-bond donors (Lipinski definition) is 1. The Morgan fingerprint density at radius 1 is 1.18 bits per heavy atom. The highest BCUT2D eigenvalue weighted by atomic mass is 19.1. The Morgan fingerprint density at radius 2 is 1.89 bits per heavy atom. The van der Waals surface area contributed by atoms with E-state index in [0.29, 0.717) is 18.1 Å². The third-order valence-corrected chi connectivity index (χ3v) is 4.12. The minimum Gasteiger partial charge on any atom is -0.494 e. The molecule has 0 spiro atoms. The van der Waals surface area contributed by atoms with Gasteiger partial charge in [-0.15, -0.1) is 0 Å². The second-order valence-electron chi connectivity index (χ2n) is 6.09. The molecule has 0 fully saturated rings. The Morgan fingerprint density at radius 3 is 2.64 bits per heavy atom. The van der Waals surface area contributed by atoms with Crippen molar-refractivity contribution in [3.05, 3.63) is 87.6 Å². The first-order chi connectivity index (χ1) is 13.5. The summed E-state index contributed by atoms with van der Waals surface area (Å²) < 4.78 is 20.9. The minimum absolute atomic E-state index is 0.163. The number of hydrogen-bond acceptors (Lipinski definition) is 4. The molecule has 144 valence electrons. The summed E-state index contributed by atoms with van der Waals surface area (Å²) in [4.78, 5) is 24.8. The van der Waals surface area contributed by atoms with Crippen LogP contribution in [0.5, 0.6) is 5.75 Å². The molecule has 3 aromatic rings. The quantitative estimate of drug-likeness (QED) is 0.712. The number of amides is 1. The number of nitrogens with one attached hydrogen (secondary N) is 1. The van der Waals surface area contributed by atoms with Crippen molar-refractivity contribution in [1.29, 1.82) is 0 Å². The predicted molar refractivity (Wildman–Crippen MR) is 103 cm³/mol. The van der Waals surface area contributed by atoms with E-state index in [0.717, 1.165) is 5.56 Å². The van der Waals surface area contributed by atoms with Crippen molar-refractivity contribution in [3.8, 4) is 11.4 Å². The number of aromatic nitrogens is 2. The van der Waals surface area contributed by atoms with Crippen LogP contribution in [0.2, 0.25) is 0 Å². The van der Waals surface area contributed by atoms with Gasteiger partial charge >= 0.3 is 0 Å². The van der Waals surface area contributed by atoms with E-state index in [1.807, 2.05) is 25.1 Å². The Bertz CT molecular complexity index is 1060. The van der Waals surface area contributed by atoms with E-state index in [4.69, 9.17) is 4.74 Å². The van der Waals surface area contributed by atoms with Crippen LogP contribution in [0.1, 0.15) is 28.7 Å². The predicted octanol–water partition coefficient (Wildman–Crippen LogP) is 3.01. The number of benzene rings is 2. The van der Waals surface area contributed by atoms with Gasteiger partial charge in [0, 0.05) is 23.9 Å². The minimum atomic E-state index is -0.638. The topological polar surface area (TPSA) is 73.2 Å². The SMILES string of the molecule is CCOc1ccccc1CNC(=O)c1nn(-c2ccccc2F)c(C)cc1=O. The normalized spacial score (nSPS) is 10.5. The summed E-state index contributed by atoms with van der Waals surface area (Å²) >= 11 is 0. The summed E-state index contributed by atoms with van der Waals surface area (Å²) in [5.41, 5.74) is 0.534. The molecule has 3 rings (SSSR count). The molecule has 0 bridgehead atoms. The van der Waals surface area contributed by atoms with E-state index in [9.17, 15) is 14.0 Å². The third-order valence-electron chi connectivity index (χ3n) is 4.12. The molecule has 1 heterocycles. The molecule has 28 heavy (non-hydrogen) atoms. The molecule has 0 radical (unpaired) electrons. The first-order valence-electron chi connectivity index (χ1n) is 8.86. The maximum atomic E-state index is 14.1. The maximum absolute atomic E-state index is 14.1. The molecule has 0 saturated heterocycles. The Hall–Kier alpha value is -3.48. The zero-order chi connectivity index (χ0) is 20.1. The first-order valence-corrected chi connectivity index (χ1v) is 8.86. The summed E-state index contributed by atoms with van der Waals surface area (Å²) in [5, 5.41) is 6.77. The fraction of sp³-hybridized carbons (Fsp3) is 0.190. The fourth-order valence-corrected chi connectivity index (χ4v) is 2.78. The molecule has 0 aliphatic rings. The van der Waals surface area contributed by atoms with E-state index in [2.05, 4.69) is 10.4 Å². The van der Waals surface area contributed by atoms with E-state index in [1.54, 1.807) is 25.1 Å². The van der Waals surface area contributed by atoms with Gasteiger partial charge in [0.05, 0.1) is 6.61 Å². The van der Waals surface area contributed by atoms with Gasteiger partial charge in [-0.25, -0.2) is 9.07 Å². The molecule has 1 amide bonds. The molecule has 0 unspecified atom stereocenters. The van der Waals surface area contributed by atoms with Crippen molar-refractivity contribution in [2.75, 3.05) is 6.61 Å². The molecule has 0 atom stereocenters. The van der Waals surface area contributed by atoms with Gasteiger partial charge in [0.1, 0.15) is 17.3 Å². The lowest BCUT2D eigenvalue weighted by Gasteiger charge is -2.13. The van der Waals surface area contributed by atoms with Crippen LogP contribution in [0.15, 0.2) is 59.4 Å². The average molecular weight is 381 g/mol. The van der Waals surface area contributed by atoms with Crippen molar-refractivity contribution in [3.63, 3.8) is 0 Å². The van der Waals surface area contributed by atoms with Gasteiger partial charge < -0.3 is 10.1 Å². The highest BCUT2D eigenvalue weighted by Crippen LogP contribution is 2.17. The number of rotatable bonds is 6. The summed E-state index contributed by atoms with van der Waals surface area (Å²) in [7, 11) is 0. The van der Waals surface area contributed by atoms with Crippen LogP contribution in [-0.2, 0) is 6.54 Å². The van der Waals surface area contributed by atoms with Crippen LogP contribution in [0.4, 0.5) is 4.39 Å². The van der Waals surface area contributed by atoms with E-state index in [1.165, 1.54) is 22.9 Å². The summed E-state index contributed by atoms with van der Waals surface area (Å²) in [6, 6.07) is 14.6. The first kappa shape index (κ1) is 19.3. The Balaban J connectivity index is 1.88. The van der Waals surface area contributed by atoms with Crippen molar-refractivity contribution in [1.82, 2.24) is 15.1 Å². The molecule has 0 saturated carbocycles. The smallest absolute Gasteiger partial charge is 0.276 e. The molecule has 1 aromatic heterocycles. The van der Waals surface area contributed by atoms with Crippen LogP contribution in [0.25, 0.3) is 5.69 Å². The number of halogens is 1. The zero-order valence-corrected chi connectivity index (χ0v) is 15.6. The summed E-state index contributed by atoms with van der Waals surface area (Å²) in [5.74, 6) is -0.480. The number of carbonyl (C=O) groups is 1. The van der Waals surface area contributed by atoms with Crippen LogP contribution in [0.3, 0.4) is 0 Å². The lowest BCUT2D eigenvalue weighted by Crippen LogP contribution is -2.31. The van der Waals surface area contributed by atoms with E-state index < -0.39 is 17.2 Å². The number of carbonyl (C=O) groups excluding carboxylic acids is 1. The average Bonchev–Trinajstić information content (AvgIpc) is 2.68. The van der Waals surface area contributed by atoms with E-state index in [-0.39, 0.29) is 17.9 Å².